The van der Waals surface area contributed by atoms with E-state index in [0.717, 1.165) is 24.9 Å². The molecular weight excluding hydrogens is 246 g/mol. The van der Waals surface area contributed by atoms with E-state index in [4.69, 9.17) is 11.6 Å². The van der Waals surface area contributed by atoms with Gasteiger partial charge in [0.05, 0.1) is 0 Å². The monoisotopic (exact) mass is 267 g/mol. The van der Waals surface area contributed by atoms with Crippen LogP contribution < -0.4 is 5.32 Å². The molecule has 0 radical (unpaired) electrons. The van der Waals surface area contributed by atoms with Crippen molar-refractivity contribution in [1.82, 2.24) is 5.32 Å². The molecule has 18 heavy (non-hydrogen) atoms. The minimum absolute atomic E-state index is 0.387. The molecule has 1 atom stereocenters. The van der Waals surface area contributed by atoms with Gasteiger partial charge in [-0.15, -0.1) is 0 Å². The summed E-state index contributed by atoms with van der Waals surface area (Å²) in [6.45, 7) is 5.90. The van der Waals surface area contributed by atoms with Crippen LogP contribution in [-0.2, 0) is 5.60 Å². The molecule has 1 aromatic carbocycles. The van der Waals surface area contributed by atoms with Crippen molar-refractivity contribution in [3.05, 3.63) is 34.9 Å². The quantitative estimate of drug-likeness (QED) is 0.830. The van der Waals surface area contributed by atoms with Gasteiger partial charge in [-0.3, -0.25) is 0 Å². The van der Waals surface area contributed by atoms with Crippen LogP contribution in [0.3, 0.4) is 0 Å². The second-order valence-corrected chi connectivity index (χ2v) is 6.17. The average Bonchev–Trinajstić information content (AvgIpc) is 3.13. The van der Waals surface area contributed by atoms with Crippen molar-refractivity contribution in [2.75, 3.05) is 13.1 Å². The summed E-state index contributed by atoms with van der Waals surface area (Å²) in [5.74, 6) is 0.983. The van der Waals surface area contributed by atoms with Crippen LogP contribution in [0.4, 0.5) is 0 Å². The summed E-state index contributed by atoms with van der Waals surface area (Å²) in [4.78, 5) is 0. The van der Waals surface area contributed by atoms with E-state index >= 15 is 0 Å². The molecule has 0 aromatic heterocycles. The van der Waals surface area contributed by atoms with Gasteiger partial charge in [-0.25, -0.2) is 0 Å². The van der Waals surface area contributed by atoms with Crippen LogP contribution in [-0.4, -0.2) is 18.2 Å². The Morgan fingerprint density at radius 1 is 1.33 bits per heavy atom. The maximum Gasteiger partial charge on any atom is 0.105 e. The molecule has 1 aromatic rings. The fourth-order valence-electron chi connectivity index (χ4n) is 2.33. The first-order chi connectivity index (χ1) is 8.52. The summed E-state index contributed by atoms with van der Waals surface area (Å²) in [5, 5.41) is 15.0. The first-order valence-corrected chi connectivity index (χ1v) is 7.09. The largest absolute Gasteiger partial charge is 0.384 e. The van der Waals surface area contributed by atoms with Crippen LogP contribution in [0.5, 0.6) is 0 Å². The van der Waals surface area contributed by atoms with E-state index in [2.05, 4.69) is 19.2 Å². The predicted octanol–water partition coefficient (Wildman–Crippen LogP) is 3.18. The lowest BCUT2D eigenvalue weighted by Crippen LogP contribution is -2.41. The van der Waals surface area contributed by atoms with Gasteiger partial charge >= 0.3 is 0 Å². The Balaban J connectivity index is 2.08. The Morgan fingerprint density at radius 2 is 1.94 bits per heavy atom. The molecule has 0 aliphatic heterocycles. The summed E-state index contributed by atoms with van der Waals surface area (Å²) < 4.78 is 0. The molecule has 100 valence electrons. The van der Waals surface area contributed by atoms with Gasteiger partial charge in [-0.05, 0) is 48.9 Å². The van der Waals surface area contributed by atoms with Crippen LogP contribution >= 0.6 is 11.6 Å². The molecule has 2 N–H and O–H groups in total. The Kier molecular flexibility index (Phi) is 4.31. The molecule has 1 aliphatic carbocycles. The molecule has 1 fully saturated rings. The fourth-order valence-corrected chi connectivity index (χ4v) is 2.46. The highest BCUT2D eigenvalue weighted by atomic mass is 35.5. The zero-order chi connectivity index (χ0) is 13.2. The van der Waals surface area contributed by atoms with Crippen LogP contribution in [0.1, 0.15) is 32.3 Å². The first kappa shape index (κ1) is 13.9. The highest BCUT2D eigenvalue weighted by molar-refractivity contribution is 6.30. The molecule has 1 unspecified atom stereocenters. The SMILES string of the molecule is CC(C)CNCC(O)(c1ccc(Cl)cc1)C1CC1. The topological polar surface area (TPSA) is 32.3 Å². The molecule has 0 amide bonds. The number of hydrogen-bond acceptors (Lipinski definition) is 2. The fraction of sp³-hybridized carbons (Fsp3) is 0.600. The lowest BCUT2D eigenvalue weighted by molar-refractivity contribution is 0.0130. The van der Waals surface area contributed by atoms with Crippen molar-refractivity contribution in [3.63, 3.8) is 0 Å². The summed E-state index contributed by atoms with van der Waals surface area (Å²) in [6.07, 6.45) is 2.23. The maximum absolute atomic E-state index is 10.9. The predicted molar refractivity (Wildman–Crippen MR) is 75.8 cm³/mol. The molecule has 0 saturated heterocycles. The summed E-state index contributed by atoms with van der Waals surface area (Å²) in [6, 6.07) is 7.59. The Morgan fingerprint density at radius 3 is 2.44 bits per heavy atom. The van der Waals surface area contributed by atoms with Crippen molar-refractivity contribution < 1.29 is 5.11 Å². The van der Waals surface area contributed by atoms with Crippen LogP contribution in [0.15, 0.2) is 24.3 Å². The van der Waals surface area contributed by atoms with E-state index in [9.17, 15) is 5.11 Å². The minimum atomic E-state index is -0.737. The zero-order valence-electron chi connectivity index (χ0n) is 11.1. The molecular formula is C15H22ClNO. The average molecular weight is 268 g/mol. The third-order valence-corrected chi connectivity index (χ3v) is 3.80. The number of rotatable bonds is 6. The Labute approximate surface area is 114 Å². The molecule has 1 aliphatic rings. The van der Waals surface area contributed by atoms with E-state index in [0.29, 0.717) is 23.4 Å². The lowest BCUT2D eigenvalue weighted by atomic mass is 9.88. The molecule has 0 bridgehead atoms. The molecule has 1 saturated carbocycles. The maximum atomic E-state index is 10.9. The van der Waals surface area contributed by atoms with Crippen molar-refractivity contribution in [2.45, 2.75) is 32.3 Å². The summed E-state index contributed by atoms with van der Waals surface area (Å²) in [7, 11) is 0. The van der Waals surface area contributed by atoms with Crippen LogP contribution in [0.2, 0.25) is 5.02 Å². The van der Waals surface area contributed by atoms with Crippen molar-refractivity contribution >= 4 is 11.6 Å². The number of halogens is 1. The normalized spacial score (nSPS) is 18.9. The molecule has 0 heterocycles. The highest BCUT2D eigenvalue weighted by Crippen LogP contribution is 2.45. The van der Waals surface area contributed by atoms with Crippen molar-refractivity contribution in [3.8, 4) is 0 Å². The first-order valence-electron chi connectivity index (χ1n) is 6.71. The number of benzene rings is 1. The zero-order valence-corrected chi connectivity index (χ0v) is 11.9. The highest BCUT2D eigenvalue weighted by Gasteiger charge is 2.44. The van der Waals surface area contributed by atoms with Gasteiger partial charge < -0.3 is 10.4 Å². The second-order valence-electron chi connectivity index (χ2n) is 5.73. The number of nitrogens with one attached hydrogen (secondary N) is 1. The van der Waals surface area contributed by atoms with Crippen molar-refractivity contribution in [1.29, 1.82) is 0 Å². The minimum Gasteiger partial charge on any atom is -0.384 e. The molecule has 2 rings (SSSR count). The third-order valence-electron chi connectivity index (χ3n) is 3.54. The van der Waals surface area contributed by atoms with Crippen LogP contribution in [0.25, 0.3) is 0 Å². The van der Waals surface area contributed by atoms with Gasteiger partial charge in [0, 0.05) is 11.6 Å². The molecule has 0 spiro atoms. The van der Waals surface area contributed by atoms with Crippen LogP contribution in [0, 0.1) is 11.8 Å². The standard InChI is InChI=1S/C15H22ClNO/c1-11(2)9-17-10-15(18,12-3-4-12)13-5-7-14(16)8-6-13/h5-8,11-12,17-18H,3-4,9-10H2,1-2H3. The Bertz CT molecular complexity index is 386. The molecule has 3 heteroatoms. The van der Waals surface area contributed by atoms with E-state index in [1.165, 1.54) is 0 Å². The summed E-state index contributed by atoms with van der Waals surface area (Å²) >= 11 is 5.91. The smallest absolute Gasteiger partial charge is 0.105 e. The lowest BCUT2D eigenvalue weighted by Gasteiger charge is -2.29. The van der Waals surface area contributed by atoms with Gasteiger partial charge in [0.1, 0.15) is 5.60 Å². The van der Waals surface area contributed by atoms with E-state index in [1.54, 1.807) is 0 Å². The number of aliphatic hydroxyl groups is 1. The molecule has 2 nitrogen and oxygen atoms in total. The Hall–Kier alpha value is -0.570. The number of hydrogen-bond donors (Lipinski definition) is 2. The summed E-state index contributed by atoms with van der Waals surface area (Å²) in [5.41, 5.74) is 0.241. The van der Waals surface area contributed by atoms with Crippen molar-refractivity contribution in [2.24, 2.45) is 11.8 Å². The van der Waals surface area contributed by atoms with Gasteiger partial charge in [0.15, 0.2) is 0 Å². The van der Waals surface area contributed by atoms with E-state index in [-0.39, 0.29) is 0 Å². The van der Waals surface area contributed by atoms with E-state index in [1.807, 2.05) is 24.3 Å². The second kappa shape index (κ2) is 5.60. The van der Waals surface area contributed by atoms with Gasteiger partial charge in [-0.2, -0.15) is 0 Å². The van der Waals surface area contributed by atoms with Gasteiger partial charge in [0.2, 0.25) is 0 Å². The van der Waals surface area contributed by atoms with Gasteiger partial charge in [-0.1, -0.05) is 37.6 Å². The third kappa shape index (κ3) is 3.25. The van der Waals surface area contributed by atoms with Gasteiger partial charge in [0.25, 0.3) is 0 Å². The van der Waals surface area contributed by atoms with E-state index < -0.39 is 5.60 Å².